The maximum Gasteiger partial charge on any atom is 0.308 e. The van der Waals surface area contributed by atoms with Crippen LogP contribution in [-0.2, 0) is 16.0 Å². The van der Waals surface area contributed by atoms with Crippen molar-refractivity contribution in [2.75, 3.05) is 31.2 Å². The molecule has 6 heterocycles. The lowest BCUT2D eigenvalue weighted by Gasteiger charge is -2.40. The van der Waals surface area contributed by atoms with Crippen LogP contribution in [0.5, 0.6) is 5.75 Å². The Labute approximate surface area is 226 Å². The van der Waals surface area contributed by atoms with Crippen LogP contribution < -0.4 is 9.64 Å². The number of hydrogen-bond donors (Lipinski definition) is 1. The van der Waals surface area contributed by atoms with Crippen molar-refractivity contribution >= 4 is 17.4 Å². The fraction of sp³-hybridized carbons (Fsp3) is 0.333. The number of rotatable bonds is 2. The van der Waals surface area contributed by atoms with E-state index < -0.39 is 5.97 Å². The summed E-state index contributed by atoms with van der Waals surface area (Å²) in [5.41, 5.74) is 5.34. The number of carboxylic acids is 1. The molecule has 9 nitrogen and oxygen atoms in total. The lowest BCUT2D eigenvalue weighted by molar-refractivity contribution is -0.136. The monoisotopic (exact) mass is 525 g/mol. The van der Waals surface area contributed by atoms with E-state index in [4.69, 9.17) is 19.6 Å². The molecule has 39 heavy (non-hydrogen) atoms. The molecule has 3 aliphatic rings. The van der Waals surface area contributed by atoms with E-state index in [2.05, 4.69) is 22.9 Å². The van der Waals surface area contributed by atoms with E-state index in [1.807, 2.05) is 53.9 Å². The molecule has 0 unspecified atom stereocenters. The highest BCUT2D eigenvalue weighted by Gasteiger charge is 2.33. The van der Waals surface area contributed by atoms with Gasteiger partial charge in [-0.15, -0.1) is 0 Å². The molecule has 7 rings (SSSR count). The number of ether oxygens (including phenoxy) is 2. The zero-order chi connectivity index (χ0) is 27.0. The first-order valence-electron chi connectivity index (χ1n) is 13.2. The normalized spacial score (nSPS) is 17.6. The van der Waals surface area contributed by atoms with E-state index >= 15 is 0 Å². The van der Waals surface area contributed by atoms with Crippen molar-refractivity contribution in [3.05, 3.63) is 72.2 Å². The van der Waals surface area contributed by atoms with Crippen molar-refractivity contribution in [1.29, 1.82) is 0 Å². The Morgan fingerprint density at radius 2 is 1.90 bits per heavy atom. The van der Waals surface area contributed by atoms with E-state index in [1.165, 1.54) is 0 Å². The molecular formula is C30H31N5O4. The Morgan fingerprint density at radius 3 is 2.72 bits per heavy atom. The Hall–Kier alpha value is -4.24. The summed E-state index contributed by atoms with van der Waals surface area (Å²) >= 11 is 0. The molecule has 0 radical (unpaired) electrons. The van der Waals surface area contributed by atoms with Crippen molar-refractivity contribution in [3.63, 3.8) is 0 Å². The molecule has 1 aromatic carbocycles. The Bertz CT molecular complexity index is 1570. The number of carbonyl (C=O) groups is 1. The summed E-state index contributed by atoms with van der Waals surface area (Å²) in [6.45, 7) is 6.39. The Kier molecular flexibility index (Phi) is 6.52. The maximum atomic E-state index is 11.9. The summed E-state index contributed by atoms with van der Waals surface area (Å²) in [4.78, 5) is 23.2. The van der Waals surface area contributed by atoms with E-state index in [9.17, 15) is 9.90 Å². The minimum atomic E-state index is -0.891. The van der Waals surface area contributed by atoms with Gasteiger partial charge < -0.3 is 19.5 Å². The van der Waals surface area contributed by atoms with Crippen LogP contribution in [0.2, 0.25) is 0 Å². The molecule has 0 spiro atoms. The SMILES string of the molecule is Cc1nc2cc3nn2c(c1CC(=O)O)N1CCC(C)(CC1)OC/C=C/COc1ccncc1-c1cccc-3c1. The third-order valence-corrected chi connectivity index (χ3v) is 7.61. The quantitative estimate of drug-likeness (QED) is 0.375. The molecule has 4 aromatic rings. The fourth-order valence-corrected chi connectivity index (χ4v) is 5.39. The Morgan fingerprint density at radius 1 is 1.10 bits per heavy atom. The number of pyridine rings is 1. The van der Waals surface area contributed by atoms with E-state index in [1.54, 1.807) is 12.4 Å². The summed E-state index contributed by atoms with van der Waals surface area (Å²) < 4.78 is 14.2. The van der Waals surface area contributed by atoms with Gasteiger partial charge in [-0.05, 0) is 50.5 Å². The molecule has 6 bridgehead atoms. The average molecular weight is 526 g/mol. The molecule has 1 N–H and O–H groups in total. The van der Waals surface area contributed by atoms with E-state index in [0.29, 0.717) is 30.1 Å². The third-order valence-electron chi connectivity index (χ3n) is 7.61. The number of aliphatic carboxylic acids is 1. The predicted molar refractivity (Wildman–Crippen MR) is 148 cm³/mol. The molecule has 3 aromatic heterocycles. The third kappa shape index (κ3) is 4.97. The largest absolute Gasteiger partial charge is 0.489 e. The number of piperidine rings is 1. The molecule has 3 aliphatic heterocycles. The minimum absolute atomic E-state index is 0.117. The number of nitrogens with zero attached hydrogens (tertiary/aromatic N) is 5. The van der Waals surface area contributed by atoms with Crippen molar-refractivity contribution in [3.8, 4) is 28.1 Å². The number of aryl methyl sites for hydroxylation is 1. The number of aromatic nitrogens is 4. The lowest BCUT2D eigenvalue weighted by atomic mass is 9.93. The molecule has 0 amide bonds. The minimum Gasteiger partial charge on any atom is -0.489 e. The molecule has 9 heteroatoms. The second-order valence-corrected chi connectivity index (χ2v) is 10.4. The summed E-state index contributed by atoms with van der Waals surface area (Å²) in [6.07, 6.45) is 9.01. The van der Waals surface area contributed by atoms with Gasteiger partial charge in [0.25, 0.3) is 0 Å². The van der Waals surface area contributed by atoms with Crippen LogP contribution in [0.25, 0.3) is 28.0 Å². The molecule has 0 saturated carbocycles. The second-order valence-electron chi connectivity index (χ2n) is 10.4. The molecule has 200 valence electrons. The zero-order valence-corrected chi connectivity index (χ0v) is 22.1. The first-order valence-corrected chi connectivity index (χ1v) is 13.2. The highest BCUT2D eigenvalue weighted by Crippen LogP contribution is 2.35. The van der Waals surface area contributed by atoms with Crippen LogP contribution >= 0.6 is 0 Å². The van der Waals surface area contributed by atoms with Gasteiger partial charge >= 0.3 is 5.97 Å². The average Bonchev–Trinajstić information content (AvgIpc) is 3.35. The van der Waals surface area contributed by atoms with Crippen LogP contribution in [0.1, 0.15) is 31.0 Å². The first kappa shape index (κ1) is 25.1. The lowest BCUT2D eigenvalue weighted by Crippen LogP contribution is -2.45. The highest BCUT2D eigenvalue weighted by atomic mass is 16.5. The van der Waals surface area contributed by atoms with Gasteiger partial charge in [-0.25, -0.2) is 4.98 Å². The van der Waals surface area contributed by atoms with Crippen molar-refractivity contribution in [1.82, 2.24) is 19.6 Å². The first-order chi connectivity index (χ1) is 18.9. The molecule has 0 aliphatic carbocycles. The van der Waals surface area contributed by atoms with Crippen LogP contribution in [0, 0.1) is 6.92 Å². The second kappa shape index (κ2) is 10.1. The van der Waals surface area contributed by atoms with E-state index in [-0.39, 0.29) is 12.0 Å². The highest BCUT2D eigenvalue weighted by molar-refractivity contribution is 5.77. The number of carboxylic acid groups (broad SMARTS) is 1. The summed E-state index contributed by atoms with van der Waals surface area (Å²) in [5, 5.41) is 14.7. The van der Waals surface area contributed by atoms with Gasteiger partial charge in [0.2, 0.25) is 0 Å². The van der Waals surface area contributed by atoms with E-state index in [0.717, 1.165) is 59.9 Å². The van der Waals surface area contributed by atoms with Gasteiger partial charge in [-0.2, -0.15) is 9.61 Å². The van der Waals surface area contributed by atoms with Crippen LogP contribution in [-0.4, -0.2) is 62.6 Å². The standard InChI is InChI=1S/C30H31N5O4/c1-20-23(17-28(36)37)29-34-12-9-30(2,10-13-34)39-15-4-3-14-38-26-8-11-31-19-24(26)21-6-5-7-22(16-21)25-18-27(32-20)35(29)33-25/h3-8,11,16,18-19H,9-10,12-15,17H2,1-2H3,(H,36,37)/b4-3+. The van der Waals surface area contributed by atoms with Crippen molar-refractivity contribution in [2.24, 2.45) is 0 Å². The van der Waals surface area contributed by atoms with Gasteiger partial charge in [0.1, 0.15) is 18.2 Å². The fourth-order valence-electron chi connectivity index (χ4n) is 5.39. The zero-order valence-electron chi connectivity index (χ0n) is 22.1. The summed E-state index contributed by atoms with van der Waals surface area (Å²) in [5.74, 6) is 0.652. The van der Waals surface area contributed by atoms with Gasteiger partial charge in [-0.1, -0.05) is 24.3 Å². The van der Waals surface area contributed by atoms with Gasteiger partial charge in [0.05, 0.1) is 24.3 Å². The molecule has 1 saturated heterocycles. The number of hydrogen-bond acceptors (Lipinski definition) is 7. The molecule has 1 fully saturated rings. The van der Waals surface area contributed by atoms with Crippen molar-refractivity contribution in [2.45, 2.75) is 38.7 Å². The van der Waals surface area contributed by atoms with Crippen molar-refractivity contribution < 1.29 is 19.4 Å². The van der Waals surface area contributed by atoms with Gasteiger partial charge in [0.15, 0.2) is 5.65 Å². The Balaban J connectivity index is 1.52. The smallest absolute Gasteiger partial charge is 0.308 e. The van der Waals surface area contributed by atoms with Crippen LogP contribution in [0.15, 0.2) is 60.9 Å². The number of fused-ring (bicyclic) bond motifs is 6. The summed E-state index contributed by atoms with van der Waals surface area (Å²) in [7, 11) is 0. The predicted octanol–water partition coefficient (Wildman–Crippen LogP) is 4.72. The maximum absolute atomic E-state index is 11.9. The molecule has 0 atom stereocenters. The van der Waals surface area contributed by atoms with Gasteiger partial charge in [0, 0.05) is 53.9 Å². The topological polar surface area (TPSA) is 102 Å². The summed E-state index contributed by atoms with van der Waals surface area (Å²) in [6, 6.07) is 11.9. The molecular weight excluding hydrogens is 494 g/mol. The number of benzene rings is 1. The number of anilines is 1. The van der Waals surface area contributed by atoms with Gasteiger partial charge in [-0.3, -0.25) is 9.78 Å². The van der Waals surface area contributed by atoms with Crippen LogP contribution in [0.3, 0.4) is 0 Å². The van der Waals surface area contributed by atoms with Crippen LogP contribution in [0.4, 0.5) is 5.82 Å².